The van der Waals surface area contributed by atoms with Gasteiger partial charge in [0.05, 0.1) is 25.4 Å². The maximum atomic E-state index is 12.4. The average molecular weight is 415 g/mol. The summed E-state index contributed by atoms with van der Waals surface area (Å²) in [4.78, 5) is 25.7. The van der Waals surface area contributed by atoms with Crippen molar-refractivity contribution in [2.45, 2.75) is 0 Å². The molecule has 0 atom stereocenters. The van der Waals surface area contributed by atoms with Crippen molar-refractivity contribution in [1.82, 2.24) is 9.97 Å². The van der Waals surface area contributed by atoms with E-state index in [0.29, 0.717) is 68.3 Å². The van der Waals surface area contributed by atoms with Crippen molar-refractivity contribution in [2.24, 2.45) is 5.73 Å². The number of hydrogen-bond donors (Lipinski definition) is 1. The number of anilines is 2. The smallest absolute Gasteiger partial charge is 0.268 e. The van der Waals surface area contributed by atoms with Crippen molar-refractivity contribution >= 4 is 17.7 Å². The highest BCUT2D eigenvalue weighted by Crippen LogP contribution is 2.40. The lowest BCUT2D eigenvalue weighted by molar-refractivity contribution is 0.0996. The highest BCUT2D eigenvalue weighted by molar-refractivity contribution is 6.01. The van der Waals surface area contributed by atoms with E-state index >= 15 is 0 Å². The van der Waals surface area contributed by atoms with E-state index in [1.54, 1.807) is 13.2 Å². The first kappa shape index (κ1) is 20.2. The molecule has 1 amide bonds. The van der Waals surface area contributed by atoms with E-state index in [1.165, 1.54) is 0 Å². The van der Waals surface area contributed by atoms with Crippen LogP contribution in [0.2, 0.25) is 0 Å². The van der Waals surface area contributed by atoms with Gasteiger partial charge >= 0.3 is 0 Å². The molecule has 2 N–H and O–H groups in total. The highest BCUT2D eigenvalue weighted by atomic mass is 16.7. The molecule has 10 heteroatoms. The summed E-state index contributed by atoms with van der Waals surface area (Å²) in [6.07, 6.45) is 0. The van der Waals surface area contributed by atoms with Crippen LogP contribution < -0.4 is 25.0 Å². The average Bonchev–Trinajstić information content (AvgIpc) is 3.25. The lowest BCUT2D eigenvalue weighted by Gasteiger charge is -2.29. The van der Waals surface area contributed by atoms with E-state index in [1.807, 2.05) is 29.0 Å². The molecular formula is C20H25N5O5. The van der Waals surface area contributed by atoms with Crippen molar-refractivity contribution in [3.8, 4) is 22.6 Å². The molecule has 0 aliphatic carbocycles. The third-order valence-corrected chi connectivity index (χ3v) is 5.06. The number of nitrogens with zero attached hydrogens (tertiary/aromatic N) is 4. The Labute approximate surface area is 174 Å². The fourth-order valence-electron chi connectivity index (χ4n) is 3.45. The normalized spacial score (nSPS) is 15.3. The van der Waals surface area contributed by atoms with Crippen LogP contribution in [0.3, 0.4) is 0 Å². The second-order valence-electron chi connectivity index (χ2n) is 7.02. The summed E-state index contributed by atoms with van der Waals surface area (Å²) in [6.45, 7) is 3.67. The van der Waals surface area contributed by atoms with E-state index in [2.05, 4.69) is 4.98 Å². The number of benzene rings is 1. The number of aromatic nitrogens is 2. The van der Waals surface area contributed by atoms with Crippen LogP contribution in [0.25, 0.3) is 11.1 Å². The minimum Gasteiger partial charge on any atom is -0.454 e. The van der Waals surface area contributed by atoms with Crippen LogP contribution in [0.4, 0.5) is 11.8 Å². The van der Waals surface area contributed by atoms with Gasteiger partial charge in [-0.3, -0.25) is 4.79 Å². The van der Waals surface area contributed by atoms with Crippen LogP contribution >= 0.6 is 0 Å². The highest BCUT2D eigenvalue weighted by Gasteiger charge is 2.26. The first-order valence-corrected chi connectivity index (χ1v) is 9.73. The molecule has 1 aromatic heterocycles. The monoisotopic (exact) mass is 415 g/mol. The van der Waals surface area contributed by atoms with E-state index in [9.17, 15) is 4.79 Å². The third kappa shape index (κ3) is 3.96. The lowest BCUT2D eigenvalue weighted by Crippen LogP contribution is -2.38. The first-order chi connectivity index (χ1) is 14.6. The third-order valence-electron chi connectivity index (χ3n) is 5.06. The Balaban J connectivity index is 1.86. The molecule has 2 aliphatic rings. The van der Waals surface area contributed by atoms with Crippen LogP contribution in [0.1, 0.15) is 10.5 Å². The van der Waals surface area contributed by atoms with Crippen LogP contribution in [0.5, 0.6) is 11.5 Å². The number of primary amides is 1. The van der Waals surface area contributed by atoms with Crippen molar-refractivity contribution in [3.05, 3.63) is 23.9 Å². The van der Waals surface area contributed by atoms with E-state index in [4.69, 9.17) is 29.7 Å². The fourth-order valence-corrected chi connectivity index (χ4v) is 3.45. The predicted octanol–water partition coefficient (Wildman–Crippen LogP) is 0.890. The number of morpholine rings is 1. The SMILES string of the molecule is COCCN(C)c1nc(N2CCOCC2)nc(C(N)=O)c1-c1ccc2c(c1)OCO2. The number of amides is 1. The number of likely N-dealkylation sites (N-methyl/N-ethyl adjacent to an activating group) is 1. The summed E-state index contributed by atoms with van der Waals surface area (Å²) in [5, 5.41) is 0. The van der Waals surface area contributed by atoms with Gasteiger partial charge in [-0.1, -0.05) is 6.07 Å². The molecule has 4 rings (SSSR count). The molecule has 0 unspecified atom stereocenters. The molecule has 2 aromatic rings. The molecule has 10 nitrogen and oxygen atoms in total. The van der Waals surface area contributed by atoms with Crippen LogP contribution in [0.15, 0.2) is 18.2 Å². The number of ether oxygens (including phenoxy) is 4. The van der Waals surface area contributed by atoms with Gasteiger partial charge in [-0.25, -0.2) is 4.98 Å². The van der Waals surface area contributed by atoms with Gasteiger partial charge in [-0.15, -0.1) is 0 Å². The summed E-state index contributed by atoms with van der Waals surface area (Å²) in [5.41, 5.74) is 7.19. The topological polar surface area (TPSA) is 112 Å². The summed E-state index contributed by atoms with van der Waals surface area (Å²) in [5.74, 6) is 1.68. The van der Waals surface area contributed by atoms with E-state index in [-0.39, 0.29) is 12.5 Å². The quantitative estimate of drug-likeness (QED) is 0.704. The maximum absolute atomic E-state index is 12.4. The van der Waals surface area contributed by atoms with E-state index in [0.717, 1.165) is 5.56 Å². The Hall–Kier alpha value is -3.11. The first-order valence-electron chi connectivity index (χ1n) is 9.73. The van der Waals surface area contributed by atoms with Gasteiger partial charge in [-0.2, -0.15) is 4.98 Å². The molecule has 3 heterocycles. The minimum atomic E-state index is -0.624. The molecule has 1 fully saturated rings. The standard InChI is InChI=1S/C20H25N5O5/c1-24(5-8-27-2)19-16(13-3-4-14-15(11-13)30-12-29-14)17(18(21)26)22-20(23-19)25-6-9-28-10-7-25/h3-4,11H,5-10,12H2,1-2H3,(H2,21,26). The van der Waals surface area contributed by atoms with Crippen LogP contribution in [0, 0.1) is 0 Å². The Morgan fingerprint density at radius 3 is 2.73 bits per heavy atom. The molecule has 1 saturated heterocycles. The van der Waals surface area contributed by atoms with Gasteiger partial charge < -0.3 is 34.5 Å². The van der Waals surface area contributed by atoms with Gasteiger partial charge in [0.2, 0.25) is 12.7 Å². The number of carbonyl (C=O) groups is 1. The number of hydrogen-bond acceptors (Lipinski definition) is 9. The molecule has 0 bridgehead atoms. The lowest BCUT2D eigenvalue weighted by atomic mass is 10.0. The fraction of sp³-hybridized carbons (Fsp3) is 0.450. The second-order valence-corrected chi connectivity index (χ2v) is 7.02. The zero-order chi connectivity index (χ0) is 21.1. The molecule has 0 saturated carbocycles. The minimum absolute atomic E-state index is 0.157. The molecule has 160 valence electrons. The van der Waals surface area contributed by atoms with Gasteiger partial charge in [0.15, 0.2) is 11.5 Å². The molecule has 2 aliphatic heterocycles. The van der Waals surface area contributed by atoms with Gasteiger partial charge in [0.1, 0.15) is 11.5 Å². The van der Waals surface area contributed by atoms with Gasteiger partial charge in [0.25, 0.3) is 5.91 Å². The summed E-state index contributed by atoms with van der Waals surface area (Å²) in [7, 11) is 3.53. The number of nitrogens with two attached hydrogens (primary N) is 1. The zero-order valence-electron chi connectivity index (χ0n) is 17.1. The van der Waals surface area contributed by atoms with Crippen LogP contribution in [-0.4, -0.2) is 76.3 Å². The molecular weight excluding hydrogens is 390 g/mol. The summed E-state index contributed by atoms with van der Waals surface area (Å²) in [6, 6.07) is 5.47. The van der Waals surface area contributed by atoms with Gasteiger partial charge in [-0.05, 0) is 17.7 Å². The Kier molecular flexibility index (Phi) is 5.86. The Morgan fingerprint density at radius 2 is 2.00 bits per heavy atom. The van der Waals surface area contributed by atoms with Gasteiger partial charge in [0, 0.05) is 33.8 Å². The van der Waals surface area contributed by atoms with Crippen LogP contribution in [-0.2, 0) is 9.47 Å². The molecule has 0 spiro atoms. The number of methoxy groups -OCH3 is 1. The Bertz CT molecular complexity index is 932. The molecule has 0 radical (unpaired) electrons. The predicted molar refractivity (Wildman–Crippen MR) is 110 cm³/mol. The van der Waals surface area contributed by atoms with Crippen molar-refractivity contribution in [2.75, 3.05) is 70.2 Å². The summed E-state index contributed by atoms with van der Waals surface area (Å²) >= 11 is 0. The largest absolute Gasteiger partial charge is 0.454 e. The van der Waals surface area contributed by atoms with Crippen molar-refractivity contribution < 1.29 is 23.7 Å². The second kappa shape index (κ2) is 8.72. The van der Waals surface area contributed by atoms with Crippen molar-refractivity contribution in [3.63, 3.8) is 0 Å². The number of fused-ring (bicyclic) bond motifs is 1. The number of rotatable bonds is 7. The van der Waals surface area contributed by atoms with Crippen molar-refractivity contribution in [1.29, 1.82) is 0 Å². The maximum Gasteiger partial charge on any atom is 0.268 e. The molecule has 1 aromatic carbocycles. The zero-order valence-corrected chi connectivity index (χ0v) is 17.1. The van der Waals surface area contributed by atoms with E-state index < -0.39 is 5.91 Å². The molecule has 30 heavy (non-hydrogen) atoms. The summed E-state index contributed by atoms with van der Waals surface area (Å²) < 4.78 is 21.6. The number of carbonyl (C=O) groups excluding carboxylic acids is 1. The Morgan fingerprint density at radius 1 is 1.23 bits per heavy atom.